The summed E-state index contributed by atoms with van der Waals surface area (Å²) in [5.41, 5.74) is 7.43. The third kappa shape index (κ3) is 4.44. The van der Waals surface area contributed by atoms with Gasteiger partial charge in [0, 0.05) is 35.8 Å². The molecule has 1 heterocycles. The lowest BCUT2D eigenvalue weighted by molar-refractivity contribution is -0.120. The van der Waals surface area contributed by atoms with Crippen molar-refractivity contribution in [1.29, 1.82) is 0 Å². The Labute approximate surface area is 156 Å². The fraction of sp³-hybridized carbons (Fsp3) is 0.619. The number of rotatable bonds is 4. The molecule has 0 spiro atoms. The summed E-state index contributed by atoms with van der Waals surface area (Å²) in [6, 6.07) is 7.39. The van der Waals surface area contributed by atoms with Crippen molar-refractivity contribution in [3.05, 3.63) is 29.8 Å². The van der Waals surface area contributed by atoms with Crippen molar-refractivity contribution >= 4 is 17.5 Å². The molecule has 5 heteroatoms. The van der Waals surface area contributed by atoms with Gasteiger partial charge in [0.05, 0.1) is 0 Å². The maximum absolute atomic E-state index is 13.0. The molecule has 0 bridgehead atoms. The quantitative estimate of drug-likeness (QED) is 0.865. The van der Waals surface area contributed by atoms with Crippen LogP contribution < -0.4 is 11.1 Å². The summed E-state index contributed by atoms with van der Waals surface area (Å²) >= 11 is 0. The Morgan fingerprint density at radius 2 is 1.85 bits per heavy atom. The van der Waals surface area contributed by atoms with Crippen LogP contribution in [0.3, 0.4) is 0 Å². The van der Waals surface area contributed by atoms with E-state index in [-0.39, 0.29) is 29.8 Å². The number of carbonyl (C=O) groups is 2. The summed E-state index contributed by atoms with van der Waals surface area (Å²) < 4.78 is 0. The Kier molecular flexibility index (Phi) is 6.30. The van der Waals surface area contributed by atoms with Gasteiger partial charge >= 0.3 is 0 Å². The zero-order valence-electron chi connectivity index (χ0n) is 15.7. The van der Waals surface area contributed by atoms with Gasteiger partial charge < -0.3 is 16.0 Å². The number of nitrogens with zero attached hydrogens (tertiary/aromatic N) is 1. The number of nitrogens with one attached hydrogen (secondary N) is 1. The van der Waals surface area contributed by atoms with Crippen molar-refractivity contribution in [1.82, 2.24) is 4.90 Å². The van der Waals surface area contributed by atoms with Crippen LogP contribution in [0.2, 0.25) is 0 Å². The first-order chi connectivity index (χ1) is 12.6. The number of hydrogen-bond acceptors (Lipinski definition) is 3. The van der Waals surface area contributed by atoms with Crippen molar-refractivity contribution in [2.24, 2.45) is 11.7 Å². The topological polar surface area (TPSA) is 75.4 Å². The smallest absolute Gasteiger partial charge is 0.254 e. The molecule has 0 radical (unpaired) electrons. The second kappa shape index (κ2) is 8.67. The van der Waals surface area contributed by atoms with Gasteiger partial charge in [-0.05, 0) is 57.2 Å². The summed E-state index contributed by atoms with van der Waals surface area (Å²) in [4.78, 5) is 27.4. The van der Waals surface area contributed by atoms with E-state index in [0.29, 0.717) is 11.3 Å². The molecule has 3 N–H and O–H groups in total. The van der Waals surface area contributed by atoms with Crippen LogP contribution in [0, 0.1) is 5.92 Å². The van der Waals surface area contributed by atoms with Gasteiger partial charge in [-0.3, -0.25) is 9.59 Å². The minimum atomic E-state index is -0.0339. The standard InChI is InChI=1S/C21H31N3O2/c1-15(22)19-12-5-6-13-24(19)21(26)17-10-7-11-18(14-17)23-20(25)16-8-3-2-4-9-16/h7,10-11,14-16,19H,2-6,8-9,12-13,22H2,1H3,(H,23,25). The summed E-state index contributed by atoms with van der Waals surface area (Å²) in [6.45, 7) is 2.72. The minimum absolute atomic E-state index is 0.0146. The highest BCUT2D eigenvalue weighted by Gasteiger charge is 2.30. The first-order valence-electron chi connectivity index (χ1n) is 10.0. The van der Waals surface area contributed by atoms with Gasteiger partial charge in [-0.15, -0.1) is 0 Å². The van der Waals surface area contributed by atoms with Crippen LogP contribution in [-0.4, -0.2) is 35.3 Å². The summed E-state index contributed by atoms with van der Waals surface area (Å²) in [6.07, 6.45) is 8.52. The number of hydrogen-bond donors (Lipinski definition) is 2. The lowest BCUT2D eigenvalue weighted by atomic mass is 9.88. The van der Waals surface area contributed by atoms with Crippen LogP contribution in [0.4, 0.5) is 5.69 Å². The van der Waals surface area contributed by atoms with E-state index in [2.05, 4.69) is 5.32 Å². The van der Waals surface area contributed by atoms with E-state index in [1.807, 2.05) is 30.0 Å². The van der Waals surface area contributed by atoms with E-state index < -0.39 is 0 Å². The van der Waals surface area contributed by atoms with Crippen molar-refractivity contribution in [3.63, 3.8) is 0 Å². The Morgan fingerprint density at radius 3 is 2.58 bits per heavy atom. The van der Waals surface area contributed by atoms with Crippen LogP contribution in [0.5, 0.6) is 0 Å². The van der Waals surface area contributed by atoms with Crippen LogP contribution in [0.15, 0.2) is 24.3 Å². The molecule has 1 aliphatic carbocycles. The van der Waals surface area contributed by atoms with Crippen molar-refractivity contribution < 1.29 is 9.59 Å². The molecule has 142 valence electrons. The highest BCUT2D eigenvalue weighted by molar-refractivity contribution is 5.98. The van der Waals surface area contributed by atoms with Gasteiger partial charge in [0.2, 0.25) is 5.91 Å². The molecule has 2 fully saturated rings. The molecular weight excluding hydrogens is 326 g/mol. The first-order valence-corrected chi connectivity index (χ1v) is 10.0. The number of amides is 2. The molecular formula is C21H31N3O2. The SMILES string of the molecule is CC(N)C1CCCCN1C(=O)c1cccc(NC(=O)C2CCCCC2)c1. The summed E-state index contributed by atoms with van der Waals surface area (Å²) in [5.74, 6) is 0.203. The van der Waals surface area contributed by atoms with Gasteiger partial charge in [0.1, 0.15) is 0 Å². The molecule has 1 aliphatic heterocycles. The van der Waals surface area contributed by atoms with Crippen LogP contribution in [0.25, 0.3) is 0 Å². The van der Waals surface area contributed by atoms with E-state index in [4.69, 9.17) is 5.73 Å². The van der Waals surface area contributed by atoms with Gasteiger partial charge in [0.15, 0.2) is 0 Å². The molecule has 1 saturated heterocycles. The Morgan fingerprint density at radius 1 is 1.12 bits per heavy atom. The maximum atomic E-state index is 13.0. The van der Waals surface area contributed by atoms with Gasteiger partial charge in [0.25, 0.3) is 5.91 Å². The van der Waals surface area contributed by atoms with Gasteiger partial charge in [-0.2, -0.15) is 0 Å². The molecule has 1 aromatic carbocycles. The number of piperidine rings is 1. The highest BCUT2D eigenvalue weighted by Crippen LogP contribution is 2.26. The minimum Gasteiger partial charge on any atom is -0.334 e. The highest BCUT2D eigenvalue weighted by atomic mass is 16.2. The van der Waals surface area contributed by atoms with E-state index in [9.17, 15) is 9.59 Å². The van der Waals surface area contributed by atoms with Crippen molar-refractivity contribution in [3.8, 4) is 0 Å². The largest absolute Gasteiger partial charge is 0.334 e. The lowest BCUT2D eigenvalue weighted by Gasteiger charge is -2.38. The number of anilines is 1. The maximum Gasteiger partial charge on any atom is 0.254 e. The van der Waals surface area contributed by atoms with E-state index >= 15 is 0 Å². The zero-order valence-corrected chi connectivity index (χ0v) is 15.7. The third-order valence-corrected chi connectivity index (χ3v) is 5.77. The molecule has 3 rings (SSSR count). The molecule has 2 aliphatic rings. The second-order valence-electron chi connectivity index (χ2n) is 7.83. The first kappa shape index (κ1) is 18.9. The van der Waals surface area contributed by atoms with Crippen LogP contribution in [-0.2, 0) is 4.79 Å². The molecule has 1 saturated carbocycles. The third-order valence-electron chi connectivity index (χ3n) is 5.77. The molecule has 2 unspecified atom stereocenters. The predicted octanol–water partition coefficient (Wildman–Crippen LogP) is 3.55. The number of carbonyl (C=O) groups excluding carboxylic acids is 2. The van der Waals surface area contributed by atoms with Gasteiger partial charge in [-0.25, -0.2) is 0 Å². The average Bonchev–Trinajstić information content (AvgIpc) is 2.68. The Bertz CT molecular complexity index is 638. The Hall–Kier alpha value is -1.88. The predicted molar refractivity (Wildman–Crippen MR) is 104 cm³/mol. The molecule has 2 amide bonds. The second-order valence-corrected chi connectivity index (χ2v) is 7.83. The van der Waals surface area contributed by atoms with Crippen molar-refractivity contribution in [2.45, 2.75) is 70.4 Å². The number of benzene rings is 1. The summed E-state index contributed by atoms with van der Waals surface area (Å²) in [7, 11) is 0. The van der Waals surface area contributed by atoms with E-state index in [1.54, 1.807) is 6.07 Å². The lowest BCUT2D eigenvalue weighted by Crippen LogP contribution is -2.51. The fourth-order valence-electron chi connectivity index (χ4n) is 4.26. The molecule has 1 aromatic rings. The van der Waals surface area contributed by atoms with E-state index in [1.165, 1.54) is 6.42 Å². The fourth-order valence-corrected chi connectivity index (χ4v) is 4.26. The van der Waals surface area contributed by atoms with Crippen LogP contribution in [0.1, 0.15) is 68.6 Å². The molecule has 0 aromatic heterocycles. The summed E-state index contributed by atoms with van der Waals surface area (Å²) in [5, 5.41) is 3.01. The zero-order chi connectivity index (χ0) is 18.5. The Balaban J connectivity index is 1.69. The van der Waals surface area contributed by atoms with E-state index in [0.717, 1.165) is 51.5 Å². The molecule has 2 atom stereocenters. The monoisotopic (exact) mass is 357 g/mol. The molecule has 26 heavy (non-hydrogen) atoms. The number of likely N-dealkylation sites (tertiary alicyclic amines) is 1. The molecule has 5 nitrogen and oxygen atoms in total. The van der Waals surface area contributed by atoms with Gasteiger partial charge in [-0.1, -0.05) is 25.3 Å². The number of nitrogens with two attached hydrogens (primary N) is 1. The van der Waals surface area contributed by atoms with Crippen LogP contribution >= 0.6 is 0 Å². The normalized spacial score (nSPS) is 22.7. The average molecular weight is 357 g/mol. The van der Waals surface area contributed by atoms with Crippen molar-refractivity contribution in [2.75, 3.05) is 11.9 Å².